The first-order valence-electron chi connectivity index (χ1n) is 11.1. The highest BCUT2D eigenvalue weighted by Crippen LogP contribution is 2.29. The molecule has 2 rings (SSSR count). The van der Waals surface area contributed by atoms with E-state index in [1.54, 1.807) is 6.08 Å². The van der Waals surface area contributed by atoms with Crippen LogP contribution in [0.4, 0.5) is 0 Å². The van der Waals surface area contributed by atoms with Crippen molar-refractivity contribution in [2.45, 2.75) is 65.3 Å². The summed E-state index contributed by atoms with van der Waals surface area (Å²) in [6, 6.07) is 5.69. The van der Waals surface area contributed by atoms with Gasteiger partial charge in [-0.05, 0) is 55.9 Å². The summed E-state index contributed by atoms with van der Waals surface area (Å²) in [4.78, 5) is 24.0. The van der Waals surface area contributed by atoms with Crippen molar-refractivity contribution in [3.63, 3.8) is 0 Å². The fraction of sp³-hybridized carbons (Fsp3) is 0.583. The van der Waals surface area contributed by atoms with E-state index in [0.29, 0.717) is 30.6 Å². The summed E-state index contributed by atoms with van der Waals surface area (Å²) in [6.45, 7) is 7.07. The summed E-state index contributed by atoms with van der Waals surface area (Å²) < 4.78 is 16.5. The Morgan fingerprint density at radius 2 is 1.93 bits per heavy atom. The van der Waals surface area contributed by atoms with Crippen LogP contribution in [0.25, 0.3) is 6.08 Å². The summed E-state index contributed by atoms with van der Waals surface area (Å²) in [5, 5.41) is 2.98. The molecule has 0 heterocycles. The molecule has 0 aromatic heterocycles. The molecule has 0 saturated heterocycles. The van der Waals surface area contributed by atoms with Crippen LogP contribution >= 0.6 is 0 Å². The van der Waals surface area contributed by atoms with Gasteiger partial charge in [-0.1, -0.05) is 39.2 Å². The number of ether oxygens (including phenoxy) is 3. The van der Waals surface area contributed by atoms with Crippen molar-refractivity contribution in [1.82, 2.24) is 5.32 Å². The predicted molar refractivity (Wildman–Crippen MR) is 118 cm³/mol. The lowest BCUT2D eigenvalue weighted by atomic mass is 9.86. The summed E-state index contributed by atoms with van der Waals surface area (Å²) in [5.41, 5.74) is 0.790. The van der Waals surface area contributed by atoms with Crippen LogP contribution in [0.1, 0.15) is 64.9 Å². The summed E-state index contributed by atoms with van der Waals surface area (Å²) in [6.07, 6.45) is 9.45. The molecule has 1 saturated carbocycles. The molecule has 0 unspecified atom stereocenters. The van der Waals surface area contributed by atoms with Crippen molar-refractivity contribution in [1.29, 1.82) is 0 Å². The standard InChI is InChI=1S/C24H35NO5/c1-4-6-15-29-21-13-11-19(16-22(21)28-5-2)12-14-24(27)30-17-23(26)25-20-10-8-7-9-18(20)3/h11-14,16,18,20H,4-10,15,17H2,1-3H3,(H,25,26)/b14-12+/t18-,20-/m1/s1. The molecule has 0 spiro atoms. The summed E-state index contributed by atoms with van der Waals surface area (Å²) in [5.74, 6) is 1.00. The van der Waals surface area contributed by atoms with Crippen LogP contribution in [0.2, 0.25) is 0 Å². The number of rotatable bonds is 11. The van der Waals surface area contributed by atoms with E-state index in [0.717, 1.165) is 37.7 Å². The van der Waals surface area contributed by atoms with Gasteiger partial charge in [0.25, 0.3) is 5.91 Å². The molecule has 0 aliphatic heterocycles. The van der Waals surface area contributed by atoms with E-state index in [4.69, 9.17) is 14.2 Å². The molecule has 6 heteroatoms. The maximum Gasteiger partial charge on any atom is 0.331 e. The largest absolute Gasteiger partial charge is 0.490 e. The predicted octanol–water partition coefficient (Wildman–Crippen LogP) is 4.52. The maximum atomic E-state index is 12.1. The van der Waals surface area contributed by atoms with Crippen LogP contribution in [0.15, 0.2) is 24.3 Å². The molecule has 1 aliphatic carbocycles. The molecular weight excluding hydrogens is 382 g/mol. The van der Waals surface area contributed by atoms with Crippen molar-refractivity contribution in [3.05, 3.63) is 29.8 Å². The maximum absolute atomic E-state index is 12.1. The third-order valence-electron chi connectivity index (χ3n) is 5.24. The van der Waals surface area contributed by atoms with Gasteiger partial charge in [0.1, 0.15) is 0 Å². The van der Waals surface area contributed by atoms with E-state index in [-0.39, 0.29) is 18.6 Å². The number of carbonyl (C=O) groups excluding carboxylic acids is 2. The quantitative estimate of drug-likeness (QED) is 0.326. The van der Waals surface area contributed by atoms with Gasteiger partial charge < -0.3 is 19.5 Å². The van der Waals surface area contributed by atoms with Gasteiger partial charge in [-0.15, -0.1) is 0 Å². The molecule has 0 radical (unpaired) electrons. The van der Waals surface area contributed by atoms with E-state index < -0.39 is 5.97 Å². The highest BCUT2D eigenvalue weighted by atomic mass is 16.5. The Balaban J connectivity index is 1.84. The topological polar surface area (TPSA) is 73.9 Å². The molecule has 6 nitrogen and oxygen atoms in total. The molecule has 1 N–H and O–H groups in total. The summed E-state index contributed by atoms with van der Waals surface area (Å²) >= 11 is 0. The van der Waals surface area contributed by atoms with Gasteiger partial charge in [0.2, 0.25) is 0 Å². The van der Waals surface area contributed by atoms with Gasteiger partial charge in [0.05, 0.1) is 13.2 Å². The van der Waals surface area contributed by atoms with E-state index in [9.17, 15) is 9.59 Å². The molecular formula is C24H35NO5. The van der Waals surface area contributed by atoms with Crippen molar-refractivity contribution < 1.29 is 23.8 Å². The van der Waals surface area contributed by atoms with Crippen LogP contribution in [0.5, 0.6) is 11.5 Å². The first kappa shape index (κ1) is 23.8. The Hall–Kier alpha value is -2.50. The molecule has 2 atom stereocenters. The number of hydrogen-bond donors (Lipinski definition) is 1. The Labute approximate surface area is 180 Å². The highest BCUT2D eigenvalue weighted by Gasteiger charge is 2.22. The van der Waals surface area contributed by atoms with Gasteiger partial charge in [-0.2, -0.15) is 0 Å². The molecule has 1 aromatic rings. The lowest BCUT2D eigenvalue weighted by Crippen LogP contribution is -2.42. The minimum Gasteiger partial charge on any atom is -0.490 e. The Morgan fingerprint density at radius 3 is 2.67 bits per heavy atom. The van der Waals surface area contributed by atoms with Crippen molar-refractivity contribution in [3.8, 4) is 11.5 Å². The van der Waals surface area contributed by atoms with Gasteiger partial charge in [0.15, 0.2) is 18.1 Å². The van der Waals surface area contributed by atoms with Gasteiger partial charge in [0, 0.05) is 12.1 Å². The Morgan fingerprint density at radius 1 is 1.13 bits per heavy atom. The smallest absolute Gasteiger partial charge is 0.331 e. The molecule has 166 valence electrons. The number of benzene rings is 1. The van der Waals surface area contributed by atoms with Gasteiger partial charge >= 0.3 is 5.97 Å². The van der Waals surface area contributed by atoms with Crippen LogP contribution in [0, 0.1) is 5.92 Å². The van der Waals surface area contributed by atoms with E-state index in [2.05, 4.69) is 19.2 Å². The monoisotopic (exact) mass is 417 g/mol. The Bertz CT molecular complexity index is 716. The van der Waals surface area contributed by atoms with Crippen LogP contribution in [0.3, 0.4) is 0 Å². The Kier molecular flexibility index (Phi) is 10.3. The van der Waals surface area contributed by atoms with Crippen LogP contribution in [-0.4, -0.2) is 37.7 Å². The zero-order chi connectivity index (χ0) is 21.8. The highest BCUT2D eigenvalue weighted by molar-refractivity contribution is 5.89. The molecule has 30 heavy (non-hydrogen) atoms. The fourth-order valence-corrected chi connectivity index (χ4v) is 3.47. The zero-order valence-electron chi connectivity index (χ0n) is 18.4. The van der Waals surface area contributed by atoms with E-state index >= 15 is 0 Å². The first-order chi connectivity index (χ1) is 14.5. The third kappa shape index (κ3) is 8.09. The molecule has 1 amide bonds. The van der Waals surface area contributed by atoms with Crippen molar-refractivity contribution >= 4 is 18.0 Å². The SMILES string of the molecule is CCCCOc1ccc(/C=C/C(=O)OCC(=O)N[C@@H]2CCCC[C@H]2C)cc1OCC. The molecule has 1 aromatic carbocycles. The lowest BCUT2D eigenvalue weighted by molar-refractivity contribution is -0.144. The second-order valence-corrected chi connectivity index (χ2v) is 7.72. The molecule has 1 fully saturated rings. The first-order valence-corrected chi connectivity index (χ1v) is 11.1. The molecule has 0 bridgehead atoms. The number of nitrogens with one attached hydrogen (secondary N) is 1. The third-order valence-corrected chi connectivity index (χ3v) is 5.24. The van der Waals surface area contributed by atoms with Gasteiger partial charge in [-0.3, -0.25) is 4.79 Å². The molecule has 1 aliphatic rings. The van der Waals surface area contributed by atoms with Crippen LogP contribution < -0.4 is 14.8 Å². The number of amides is 1. The van der Waals surface area contributed by atoms with E-state index in [1.165, 1.54) is 12.5 Å². The van der Waals surface area contributed by atoms with Gasteiger partial charge in [-0.25, -0.2) is 4.79 Å². The minimum absolute atomic E-state index is 0.176. The summed E-state index contributed by atoms with van der Waals surface area (Å²) in [7, 11) is 0. The average Bonchev–Trinajstić information content (AvgIpc) is 2.74. The normalized spacial score (nSPS) is 18.8. The number of unbranched alkanes of at least 4 members (excludes halogenated alkanes) is 1. The van der Waals surface area contributed by atoms with E-state index in [1.807, 2.05) is 25.1 Å². The average molecular weight is 418 g/mol. The minimum atomic E-state index is -0.553. The zero-order valence-corrected chi connectivity index (χ0v) is 18.4. The fourth-order valence-electron chi connectivity index (χ4n) is 3.47. The number of carbonyl (C=O) groups is 2. The number of esters is 1. The second kappa shape index (κ2) is 12.9. The number of hydrogen-bond acceptors (Lipinski definition) is 5. The van der Waals surface area contributed by atoms with Crippen LogP contribution in [-0.2, 0) is 14.3 Å². The second-order valence-electron chi connectivity index (χ2n) is 7.72. The lowest BCUT2D eigenvalue weighted by Gasteiger charge is -2.29. The van der Waals surface area contributed by atoms with Crippen molar-refractivity contribution in [2.24, 2.45) is 5.92 Å². The van der Waals surface area contributed by atoms with Crippen molar-refractivity contribution in [2.75, 3.05) is 19.8 Å².